The molecule has 0 aliphatic heterocycles. The standard InChI is InChI=1S/C45H94NO6P/c1-3-5-7-9-11-13-15-17-19-21-23-25-27-29-31-33-35-37-40-49-43-45(44-52-53(47,48)51-42-39-46)50-41-38-36-34-32-30-28-26-24-22-20-18-16-14-12-10-8-6-4-2/h45H,3-44,46H2,1-2H3,(H,47,48)/t45-/m1/s1. The van der Waals surface area contributed by atoms with Crippen LogP contribution in [0.15, 0.2) is 0 Å². The van der Waals surface area contributed by atoms with Crippen LogP contribution in [0.5, 0.6) is 0 Å². The summed E-state index contributed by atoms with van der Waals surface area (Å²) < 4.78 is 34.2. The first-order valence-electron chi connectivity index (χ1n) is 23.6. The molecular formula is C45H94NO6P. The van der Waals surface area contributed by atoms with Crippen molar-refractivity contribution >= 4 is 7.82 Å². The number of phosphoric acid groups is 1. The second-order valence-electron chi connectivity index (χ2n) is 16.0. The van der Waals surface area contributed by atoms with Gasteiger partial charge in [0.2, 0.25) is 0 Å². The van der Waals surface area contributed by atoms with E-state index in [0.717, 1.165) is 19.3 Å². The van der Waals surface area contributed by atoms with Gasteiger partial charge in [-0.3, -0.25) is 9.05 Å². The van der Waals surface area contributed by atoms with Gasteiger partial charge in [-0.25, -0.2) is 4.57 Å². The minimum atomic E-state index is -4.14. The van der Waals surface area contributed by atoms with Gasteiger partial charge in [0.15, 0.2) is 0 Å². The fraction of sp³-hybridized carbons (Fsp3) is 1.00. The highest BCUT2D eigenvalue weighted by Crippen LogP contribution is 2.43. The van der Waals surface area contributed by atoms with Gasteiger partial charge in [-0.2, -0.15) is 0 Å². The van der Waals surface area contributed by atoms with Crippen LogP contribution >= 0.6 is 7.82 Å². The summed E-state index contributed by atoms with van der Waals surface area (Å²) in [6.07, 6.45) is 48.4. The van der Waals surface area contributed by atoms with Crippen LogP contribution in [0.4, 0.5) is 0 Å². The van der Waals surface area contributed by atoms with Crippen molar-refractivity contribution in [1.82, 2.24) is 0 Å². The molecule has 0 rings (SSSR count). The topological polar surface area (TPSA) is 100 Å². The Kier molecular flexibility index (Phi) is 44.7. The van der Waals surface area contributed by atoms with Crippen LogP contribution in [0.1, 0.15) is 245 Å². The number of nitrogens with two attached hydrogens (primary N) is 1. The highest BCUT2D eigenvalue weighted by atomic mass is 31.2. The van der Waals surface area contributed by atoms with E-state index in [0.29, 0.717) is 19.8 Å². The van der Waals surface area contributed by atoms with Gasteiger partial charge in [0, 0.05) is 19.8 Å². The minimum absolute atomic E-state index is 0.0194. The molecule has 8 heteroatoms. The molecule has 7 nitrogen and oxygen atoms in total. The van der Waals surface area contributed by atoms with Crippen molar-refractivity contribution in [3.63, 3.8) is 0 Å². The Morgan fingerprint density at radius 1 is 0.415 bits per heavy atom. The van der Waals surface area contributed by atoms with Gasteiger partial charge in [0.05, 0.1) is 19.8 Å². The summed E-state index contributed by atoms with van der Waals surface area (Å²) >= 11 is 0. The SMILES string of the molecule is CCCCCCCCCCCCCCCCCCCCOC[C@H](COP(=O)(O)OCCN)OCCCCCCCCCCCCCCCCCCCC. The molecule has 0 radical (unpaired) electrons. The molecule has 0 aromatic rings. The van der Waals surface area contributed by atoms with Crippen LogP contribution in [0, 0.1) is 0 Å². The number of phosphoric ester groups is 1. The highest BCUT2D eigenvalue weighted by molar-refractivity contribution is 7.47. The molecule has 3 N–H and O–H groups in total. The van der Waals surface area contributed by atoms with Crippen LogP contribution in [-0.2, 0) is 23.1 Å². The van der Waals surface area contributed by atoms with Crippen molar-refractivity contribution in [1.29, 1.82) is 0 Å². The van der Waals surface area contributed by atoms with Gasteiger partial charge in [-0.05, 0) is 12.8 Å². The third-order valence-corrected chi connectivity index (χ3v) is 11.6. The van der Waals surface area contributed by atoms with Crippen LogP contribution in [0.2, 0.25) is 0 Å². The molecule has 0 fully saturated rings. The number of rotatable bonds is 47. The lowest BCUT2D eigenvalue weighted by Gasteiger charge is -2.20. The second kappa shape index (κ2) is 44.7. The summed E-state index contributed by atoms with van der Waals surface area (Å²) in [5.74, 6) is 0. The Bertz CT molecular complexity index is 729. The quantitative estimate of drug-likeness (QED) is 0.0469. The molecule has 0 aromatic carbocycles. The zero-order valence-electron chi connectivity index (χ0n) is 35.8. The van der Waals surface area contributed by atoms with Gasteiger partial charge in [0.25, 0.3) is 0 Å². The molecule has 53 heavy (non-hydrogen) atoms. The van der Waals surface area contributed by atoms with E-state index >= 15 is 0 Å². The lowest BCUT2D eigenvalue weighted by molar-refractivity contribution is -0.0443. The van der Waals surface area contributed by atoms with Crippen LogP contribution in [-0.4, -0.2) is 50.6 Å². The van der Waals surface area contributed by atoms with E-state index in [9.17, 15) is 9.46 Å². The molecule has 320 valence electrons. The summed E-state index contributed by atoms with van der Waals surface area (Å²) in [4.78, 5) is 9.93. The lowest BCUT2D eigenvalue weighted by Crippen LogP contribution is -2.26. The molecule has 0 bridgehead atoms. The first-order chi connectivity index (χ1) is 26.1. The fourth-order valence-corrected chi connectivity index (χ4v) is 7.87. The Morgan fingerprint density at radius 2 is 0.717 bits per heavy atom. The number of ether oxygens (including phenoxy) is 2. The number of unbranched alkanes of at least 4 members (excludes halogenated alkanes) is 34. The van der Waals surface area contributed by atoms with Crippen molar-refractivity contribution in [2.75, 3.05) is 39.6 Å². The summed E-state index contributed by atoms with van der Waals surface area (Å²) in [6, 6.07) is 0. The van der Waals surface area contributed by atoms with Gasteiger partial charge in [-0.15, -0.1) is 0 Å². The molecule has 0 spiro atoms. The Hall–Kier alpha value is -0.0100. The fourth-order valence-electron chi connectivity index (χ4n) is 7.10. The minimum Gasteiger partial charge on any atom is -0.379 e. The van der Waals surface area contributed by atoms with Gasteiger partial charge in [0.1, 0.15) is 6.10 Å². The predicted molar refractivity (Wildman–Crippen MR) is 229 cm³/mol. The average molecular weight is 776 g/mol. The molecule has 2 atom stereocenters. The zero-order valence-corrected chi connectivity index (χ0v) is 36.7. The molecule has 0 heterocycles. The summed E-state index contributed by atoms with van der Waals surface area (Å²) in [5.41, 5.74) is 5.40. The maximum absolute atomic E-state index is 12.1. The monoisotopic (exact) mass is 776 g/mol. The average Bonchev–Trinajstić information content (AvgIpc) is 3.15. The maximum atomic E-state index is 12.1. The van der Waals surface area contributed by atoms with Crippen LogP contribution < -0.4 is 5.73 Å². The van der Waals surface area contributed by atoms with Gasteiger partial charge >= 0.3 is 7.82 Å². The van der Waals surface area contributed by atoms with Crippen molar-refractivity contribution in [3.05, 3.63) is 0 Å². The van der Waals surface area contributed by atoms with Crippen molar-refractivity contribution in [3.8, 4) is 0 Å². The Labute approximate surface area is 331 Å². The largest absolute Gasteiger partial charge is 0.472 e. The molecule has 0 aliphatic carbocycles. The van der Waals surface area contributed by atoms with E-state index in [4.69, 9.17) is 24.3 Å². The maximum Gasteiger partial charge on any atom is 0.472 e. The number of hydrogen-bond acceptors (Lipinski definition) is 6. The summed E-state index contributed by atoms with van der Waals surface area (Å²) in [7, 11) is -4.14. The Morgan fingerprint density at radius 3 is 1.04 bits per heavy atom. The van der Waals surface area contributed by atoms with Crippen LogP contribution in [0.3, 0.4) is 0 Å². The van der Waals surface area contributed by atoms with E-state index in [1.165, 1.54) is 212 Å². The van der Waals surface area contributed by atoms with E-state index in [1.807, 2.05) is 0 Å². The normalized spacial score (nSPS) is 13.5. The molecular weight excluding hydrogens is 681 g/mol. The van der Waals surface area contributed by atoms with Gasteiger partial charge < -0.3 is 20.1 Å². The summed E-state index contributed by atoms with van der Waals surface area (Å²) in [5, 5.41) is 0. The van der Waals surface area contributed by atoms with Crippen LogP contribution in [0.25, 0.3) is 0 Å². The zero-order chi connectivity index (χ0) is 38.6. The lowest BCUT2D eigenvalue weighted by atomic mass is 10.0. The van der Waals surface area contributed by atoms with E-state index in [-0.39, 0.29) is 19.8 Å². The molecule has 0 aliphatic rings. The molecule has 0 amide bonds. The van der Waals surface area contributed by atoms with Crippen molar-refractivity contribution < 1.29 is 28.0 Å². The van der Waals surface area contributed by atoms with E-state index in [1.54, 1.807) is 0 Å². The molecule has 0 saturated heterocycles. The molecule has 0 saturated carbocycles. The van der Waals surface area contributed by atoms with Gasteiger partial charge in [-0.1, -0.05) is 232 Å². The first-order valence-corrected chi connectivity index (χ1v) is 25.1. The third-order valence-electron chi connectivity index (χ3n) is 10.6. The first kappa shape index (κ1) is 53.0. The second-order valence-corrected chi connectivity index (χ2v) is 17.4. The molecule has 1 unspecified atom stereocenters. The smallest absolute Gasteiger partial charge is 0.379 e. The van der Waals surface area contributed by atoms with Crippen molar-refractivity contribution in [2.45, 2.75) is 251 Å². The van der Waals surface area contributed by atoms with E-state index < -0.39 is 13.9 Å². The molecule has 0 aromatic heterocycles. The number of hydrogen-bond donors (Lipinski definition) is 2. The van der Waals surface area contributed by atoms with E-state index in [2.05, 4.69) is 13.8 Å². The highest BCUT2D eigenvalue weighted by Gasteiger charge is 2.23. The van der Waals surface area contributed by atoms with Crippen molar-refractivity contribution in [2.24, 2.45) is 5.73 Å². The third kappa shape index (κ3) is 44.6. The predicted octanol–water partition coefficient (Wildman–Crippen LogP) is 14.6. The summed E-state index contributed by atoms with van der Waals surface area (Å²) in [6.45, 7) is 6.33. The Balaban J connectivity index is 3.80.